The second-order valence-corrected chi connectivity index (χ2v) is 5.82. The van der Waals surface area contributed by atoms with Crippen LogP contribution in [0.3, 0.4) is 0 Å². The maximum atomic E-state index is 12.8. The predicted molar refractivity (Wildman–Crippen MR) is 75.2 cm³/mol. The topological polar surface area (TPSA) is 42.1 Å². The number of rotatable bonds is 4. The number of aromatic nitrogens is 1. The Kier molecular flexibility index (Phi) is 4.88. The zero-order valence-corrected chi connectivity index (χ0v) is 11.8. The minimum absolute atomic E-state index is 0.106. The Hall–Kier alpha value is -1.00. The number of likely N-dealkylation sites (tertiary alicyclic amines) is 1. The Morgan fingerprint density at radius 2 is 2.21 bits per heavy atom. The molecule has 3 unspecified atom stereocenters. The van der Waals surface area contributed by atoms with Gasteiger partial charge in [0.25, 0.3) is 0 Å². The predicted octanol–water partition coefficient (Wildman–Crippen LogP) is 2.73. The van der Waals surface area contributed by atoms with Gasteiger partial charge in [0.1, 0.15) is 5.82 Å². The van der Waals surface area contributed by atoms with Crippen molar-refractivity contribution in [3.8, 4) is 0 Å². The van der Waals surface area contributed by atoms with Crippen LogP contribution in [-0.2, 0) is 0 Å². The number of hydrogen-bond donors (Lipinski definition) is 1. The van der Waals surface area contributed by atoms with Crippen molar-refractivity contribution in [2.75, 3.05) is 13.1 Å². The largest absolute Gasteiger partial charge is 0.323 e. The van der Waals surface area contributed by atoms with Crippen molar-refractivity contribution in [1.29, 1.82) is 0 Å². The summed E-state index contributed by atoms with van der Waals surface area (Å²) in [4.78, 5) is 6.57. The summed E-state index contributed by atoms with van der Waals surface area (Å²) in [6, 6.07) is 3.64. The Morgan fingerprint density at radius 3 is 2.89 bits per heavy atom. The van der Waals surface area contributed by atoms with Crippen molar-refractivity contribution < 1.29 is 4.39 Å². The van der Waals surface area contributed by atoms with E-state index in [1.54, 1.807) is 6.07 Å². The highest BCUT2D eigenvalue weighted by atomic mass is 19.1. The summed E-state index contributed by atoms with van der Waals surface area (Å²) < 4.78 is 12.8. The van der Waals surface area contributed by atoms with Gasteiger partial charge in [0.2, 0.25) is 0 Å². The van der Waals surface area contributed by atoms with Gasteiger partial charge in [-0.3, -0.25) is 4.98 Å². The monoisotopic (exact) mass is 265 g/mol. The molecule has 0 amide bonds. The number of nitrogens with two attached hydrogens (primary N) is 1. The minimum atomic E-state index is -0.311. The van der Waals surface area contributed by atoms with Gasteiger partial charge < -0.3 is 10.6 Å². The van der Waals surface area contributed by atoms with E-state index in [0.717, 1.165) is 31.1 Å². The molecule has 1 aromatic rings. The molecule has 1 aliphatic rings. The quantitative estimate of drug-likeness (QED) is 0.910. The summed E-state index contributed by atoms with van der Waals surface area (Å²) >= 11 is 0. The second kappa shape index (κ2) is 6.44. The average Bonchev–Trinajstić information content (AvgIpc) is 2.40. The van der Waals surface area contributed by atoms with Gasteiger partial charge in [-0.15, -0.1) is 0 Å². The Bertz CT molecular complexity index is 393. The molecule has 0 bridgehead atoms. The summed E-state index contributed by atoms with van der Waals surface area (Å²) in [7, 11) is 0. The third-order valence-corrected chi connectivity index (χ3v) is 4.10. The lowest BCUT2D eigenvalue weighted by Crippen LogP contribution is -2.42. The van der Waals surface area contributed by atoms with Crippen molar-refractivity contribution in [1.82, 2.24) is 9.88 Å². The highest BCUT2D eigenvalue weighted by Gasteiger charge is 2.23. The van der Waals surface area contributed by atoms with Crippen LogP contribution in [0.1, 0.15) is 44.8 Å². The van der Waals surface area contributed by atoms with Gasteiger partial charge in [0.15, 0.2) is 0 Å². The molecule has 2 heterocycles. The van der Waals surface area contributed by atoms with E-state index < -0.39 is 0 Å². The lowest BCUT2D eigenvalue weighted by Gasteiger charge is -2.37. The van der Waals surface area contributed by atoms with E-state index in [1.807, 2.05) is 0 Å². The molecule has 1 aliphatic heterocycles. The summed E-state index contributed by atoms with van der Waals surface area (Å²) in [6.07, 6.45) is 4.70. The van der Waals surface area contributed by atoms with E-state index in [-0.39, 0.29) is 11.9 Å². The molecule has 3 nitrogen and oxygen atoms in total. The fourth-order valence-corrected chi connectivity index (χ4v) is 2.75. The van der Waals surface area contributed by atoms with Gasteiger partial charge in [0, 0.05) is 25.2 Å². The smallest absolute Gasteiger partial charge is 0.141 e. The standard InChI is InChI=1S/C15H24FN3/c1-11-3-4-12(2)19(10-11)8-7-14(17)15-6-5-13(16)9-18-15/h5-6,9,11-12,14H,3-4,7-8,10,17H2,1-2H3. The highest BCUT2D eigenvalue weighted by molar-refractivity contribution is 5.09. The number of hydrogen-bond acceptors (Lipinski definition) is 3. The highest BCUT2D eigenvalue weighted by Crippen LogP contribution is 2.22. The molecule has 0 aromatic carbocycles. The molecule has 106 valence electrons. The third kappa shape index (κ3) is 3.98. The first-order valence-corrected chi connectivity index (χ1v) is 7.17. The molecule has 4 heteroatoms. The summed E-state index contributed by atoms with van der Waals surface area (Å²) in [6.45, 7) is 6.74. The molecule has 0 saturated carbocycles. The van der Waals surface area contributed by atoms with Gasteiger partial charge in [0.05, 0.1) is 11.9 Å². The van der Waals surface area contributed by atoms with E-state index in [2.05, 4.69) is 23.7 Å². The molecule has 3 atom stereocenters. The summed E-state index contributed by atoms with van der Waals surface area (Å²) in [5.41, 5.74) is 6.91. The van der Waals surface area contributed by atoms with Crippen molar-refractivity contribution in [2.24, 2.45) is 11.7 Å². The van der Waals surface area contributed by atoms with Gasteiger partial charge in [-0.2, -0.15) is 0 Å². The van der Waals surface area contributed by atoms with Gasteiger partial charge in [-0.05, 0) is 44.2 Å². The fraction of sp³-hybridized carbons (Fsp3) is 0.667. The maximum Gasteiger partial charge on any atom is 0.141 e. The molecule has 0 spiro atoms. The van der Waals surface area contributed by atoms with E-state index in [0.29, 0.717) is 6.04 Å². The Morgan fingerprint density at radius 1 is 1.42 bits per heavy atom. The first-order chi connectivity index (χ1) is 9.06. The lowest BCUT2D eigenvalue weighted by molar-refractivity contribution is 0.121. The Balaban J connectivity index is 1.85. The number of nitrogens with zero attached hydrogens (tertiary/aromatic N) is 2. The van der Waals surface area contributed by atoms with Crippen LogP contribution in [0.15, 0.2) is 18.3 Å². The van der Waals surface area contributed by atoms with E-state index in [4.69, 9.17) is 5.73 Å². The molecule has 0 aliphatic carbocycles. The number of piperidine rings is 1. The van der Waals surface area contributed by atoms with Gasteiger partial charge >= 0.3 is 0 Å². The zero-order chi connectivity index (χ0) is 13.8. The van der Waals surface area contributed by atoms with Gasteiger partial charge in [-0.1, -0.05) is 6.92 Å². The van der Waals surface area contributed by atoms with Crippen LogP contribution in [0, 0.1) is 11.7 Å². The van der Waals surface area contributed by atoms with Crippen molar-refractivity contribution in [3.63, 3.8) is 0 Å². The number of halogens is 1. The molecular formula is C15H24FN3. The van der Waals surface area contributed by atoms with Crippen LogP contribution in [-0.4, -0.2) is 29.0 Å². The minimum Gasteiger partial charge on any atom is -0.323 e. The first kappa shape index (κ1) is 14.4. The maximum absolute atomic E-state index is 12.8. The van der Waals surface area contributed by atoms with E-state index in [9.17, 15) is 4.39 Å². The van der Waals surface area contributed by atoms with E-state index in [1.165, 1.54) is 25.1 Å². The van der Waals surface area contributed by atoms with Crippen LogP contribution in [0.4, 0.5) is 4.39 Å². The molecule has 19 heavy (non-hydrogen) atoms. The van der Waals surface area contributed by atoms with Crippen LogP contribution in [0.25, 0.3) is 0 Å². The molecule has 1 aromatic heterocycles. The molecule has 1 fully saturated rings. The molecule has 2 rings (SSSR count). The van der Waals surface area contributed by atoms with E-state index >= 15 is 0 Å². The Labute approximate surface area is 115 Å². The molecular weight excluding hydrogens is 241 g/mol. The summed E-state index contributed by atoms with van der Waals surface area (Å²) in [5.74, 6) is 0.464. The zero-order valence-electron chi connectivity index (χ0n) is 11.8. The lowest BCUT2D eigenvalue weighted by atomic mass is 9.94. The van der Waals surface area contributed by atoms with Crippen LogP contribution in [0.2, 0.25) is 0 Å². The second-order valence-electron chi connectivity index (χ2n) is 5.82. The van der Waals surface area contributed by atoms with Crippen LogP contribution < -0.4 is 5.73 Å². The third-order valence-electron chi connectivity index (χ3n) is 4.10. The summed E-state index contributed by atoms with van der Waals surface area (Å²) in [5, 5.41) is 0. The molecule has 2 N–H and O–H groups in total. The van der Waals surface area contributed by atoms with Crippen molar-refractivity contribution >= 4 is 0 Å². The van der Waals surface area contributed by atoms with Gasteiger partial charge in [-0.25, -0.2) is 4.39 Å². The van der Waals surface area contributed by atoms with Crippen LogP contribution in [0.5, 0.6) is 0 Å². The SMILES string of the molecule is CC1CCC(C)N(CCC(N)c2ccc(F)cn2)C1. The average molecular weight is 265 g/mol. The number of pyridine rings is 1. The van der Waals surface area contributed by atoms with Crippen LogP contribution >= 0.6 is 0 Å². The molecule has 0 radical (unpaired) electrons. The fourth-order valence-electron chi connectivity index (χ4n) is 2.75. The normalized spacial score (nSPS) is 26.3. The van der Waals surface area contributed by atoms with Crippen molar-refractivity contribution in [2.45, 2.75) is 45.2 Å². The van der Waals surface area contributed by atoms with Crippen molar-refractivity contribution in [3.05, 3.63) is 29.8 Å². The first-order valence-electron chi connectivity index (χ1n) is 7.17. The molecule has 1 saturated heterocycles.